The number of aromatic hydroxyl groups is 1. The van der Waals surface area contributed by atoms with Gasteiger partial charge in [0.15, 0.2) is 4.90 Å². The second-order valence-electron chi connectivity index (χ2n) is 9.89. The standard InChI is InChI=1S/C32H31FN4O5S/c1-4-6-11-28-36-31(39)29(32(40)37(28)27(5-2)21-12-13-22(19-34)26(33)18-21)43(41,42)23-16-14-20(15-17-23)24-9-7-8-10-25(24)30(38)35-3/h7-10,12-18,27,39H,4-6,11H2,1-3H3,(H,35,38). The molecule has 1 amide bonds. The monoisotopic (exact) mass is 602 g/mol. The summed E-state index contributed by atoms with van der Waals surface area (Å²) in [5, 5.41) is 22.6. The minimum absolute atomic E-state index is 0.161. The molecule has 1 atom stereocenters. The fourth-order valence-corrected chi connectivity index (χ4v) is 6.36. The molecule has 0 aliphatic rings. The van der Waals surface area contributed by atoms with Crippen LogP contribution in [0.2, 0.25) is 0 Å². The van der Waals surface area contributed by atoms with E-state index in [0.717, 1.165) is 12.5 Å². The lowest BCUT2D eigenvalue weighted by Gasteiger charge is -2.23. The van der Waals surface area contributed by atoms with E-state index in [1.165, 1.54) is 48.0 Å². The fourth-order valence-electron chi connectivity index (χ4n) is 5.01. The Balaban J connectivity index is 1.86. The summed E-state index contributed by atoms with van der Waals surface area (Å²) in [4.78, 5) is 29.4. The molecule has 222 valence electrons. The molecule has 0 saturated heterocycles. The number of unbranched alkanes of at least 4 members (excludes halogenated alkanes) is 1. The molecule has 9 nitrogen and oxygen atoms in total. The van der Waals surface area contributed by atoms with E-state index >= 15 is 0 Å². The molecule has 1 unspecified atom stereocenters. The Morgan fingerprint density at radius 2 is 1.81 bits per heavy atom. The number of amides is 1. The zero-order chi connectivity index (χ0) is 31.3. The second kappa shape index (κ2) is 13.0. The maximum atomic E-state index is 14.6. The Hall–Kier alpha value is -4.82. The molecule has 43 heavy (non-hydrogen) atoms. The van der Waals surface area contributed by atoms with Gasteiger partial charge in [0.25, 0.3) is 11.5 Å². The quantitative estimate of drug-likeness (QED) is 0.255. The highest BCUT2D eigenvalue weighted by atomic mass is 32.2. The Kier molecular flexibility index (Phi) is 9.41. The Morgan fingerprint density at radius 3 is 2.42 bits per heavy atom. The van der Waals surface area contributed by atoms with Crippen LogP contribution in [0.15, 0.2) is 81.3 Å². The predicted molar refractivity (Wildman–Crippen MR) is 159 cm³/mol. The zero-order valence-corrected chi connectivity index (χ0v) is 24.8. The first-order chi connectivity index (χ1) is 20.6. The molecule has 0 fully saturated rings. The SMILES string of the molecule is CCCCc1nc(O)c(S(=O)(=O)c2ccc(-c3ccccc3C(=O)NC)cc2)c(=O)n1C(CC)c1ccc(C#N)c(F)c1. The minimum Gasteiger partial charge on any atom is -0.492 e. The lowest BCUT2D eigenvalue weighted by molar-refractivity contribution is 0.0963. The van der Waals surface area contributed by atoms with E-state index < -0.39 is 38.0 Å². The van der Waals surface area contributed by atoms with Crippen molar-refractivity contribution in [3.05, 3.63) is 105 Å². The number of rotatable bonds is 10. The number of aryl methyl sites for hydroxylation is 1. The van der Waals surface area contributed by atoms with Gasteiger partial charge >= 0.3 is 0 Å². The first-order valence-corrected chi connectivity index (χ1v) is 15.3. The number of nitriles is 1. The number of hydrogen-bond donors (Lipinski definition) is 2. The van der Waals surface area contributed by atoms with Gasteiger partial charge in [0.05, 0.1) is 16.5 Å². The van der Waals surface area contributed by atoms with E-state index in [2.05, 4.69) is 10.3 Å². The molecule has 0 bridgehead atoms. The van der Waals surface area contributed by atoms with E-state index in [4.69, 9.17) is 5.26 Å². The molecule has 0 radical (unpaired) electrons. The Morgan fingerprint density at radius 1 is 1.12 bits per heavy atom. The van der Waals surface area contributed by atoms with Gasteiger partial charge in [-0.15, -0.1) is 0 Å². The van der Waals surface area contributed by atoms with Gasteiger partial charge < -0.3 is 10.4 Å². The summed E-state index contributed by atoms with van der Waals surface area (Å²) in [6, 6.07) is 17.4. The van der Waals surface area contributed by atoms with E-state index in [1.807, 2.05) is 6.92 Å². The zero-order valence-electron chi connectivity index (χ0n) is 24.0. The summed E-state index contributed by atoms with van der Waals surface area (Å²) < 4.78 is 43.5. The number of benzene rings is 3. The van der Waals surface area contributed by atoms with Crippen LogP contribution in [0.5, 0.6) is 5.88 Å². The maximum absolute atomic E-state index is 14.6. The molecule has 11 heteroatoms. The van der Waals surface area contributed by atoms with Gasteiger partial charge in [-0.05, 0) is 59.9 Å². The molecular weight excluding hydrogens is 571 g/mol. The van der Waals surface area contributed by atoms with Crippen LogP contribution in [0.4, 0.5) is 4.39 Å². The van der Waals surface area contributed by atoms with Crippen LogP contribution in [0.1, 0.15) is 66.5 Å². The smallest absolute Gasteiger partial charge is 0.277 e. The number of carbonyl (C=O) groups excluding carboxylic acids is 1. The Bertz CT molecular complexity index is 1880. The van der Waals surface area contributed by atoms with Crippen molar-refractivity contribution >= 4 is 15.7 Å². The summed E-state index contributed by atoms with van der Waals surface area (Å²) in [5.41, 5.74) is 0.765. The summed E-state index contributed by atoms with van der Waals surface area (Å²) in [6.07, 6.45) is 1.90. The molecular formula is C32H31FN4O5S. The van der Waals surface area contributed by atoms with Crippen molar-refractivity contribution in [1.29, 1.82) is 5.26 Å². The lowest BCUT2D eigenvalue weighted by Crippen LogP contribution is -2.33. The topological polar surface area (TPSA) is 142 Å². The third kappa shape index (κ3) is 6.05. The highest BCUT2D eigenvalue weighted by Crippen LogP contribution is 2.31. The van der Waals surface area contributed by atoms with Gasteiger partial charge in [0.2, 0.25) is 15.7 Å². The van der Waals surface area contributed by atoms with Crippen molar-refractivity contribution in [2.75, 3.05) is 7.05 Å². The number of sulfone groups is 1. The molecule has 2 N–H and O–H groups in total. The van der Waals surface area contributed by atoms with Gasteiger partial charge in [0, 0.05) is 19.0 Å². The van der Waals surface area contributed by atoms with Crippen molar-refractivity contribution in [1.82, 2.24) is 14.9 Å². The lowest BCUT2D eigenvalue weighted by atomic mass is 9.99. The largest absolute Gasteiger partial charge is 0.492 e. The summed E-state index contributed by atoms with van der Waals surface area (Å²) in [5.74, 6) is -1.82. The van der Waals surface area contributed by atoms with Crippen LogP contribution in [0, 0.1) is 17.1 Å². The highest BCUT2D eigenvalue weighted by molar-refractivity contribution is 7.91. The van der Waals surface area contributed by atoms with Gasteiger partial charge in [-0.3, -0.25) is 14.2 Å². The van der Waals surface area contributed by atoms with E-state index in [1.54, 1.807) is 37.3 Å². The van der Waals surface area contributed by atoms with Crippen LogP contribution in [0.3, 0.4) is 0 Å². The molecule has 4 aromatic rings. The average Bonchev–Trinajstić information content (AvgIpc) is 3.01. The number of carbonyl (C=O) groups is 1. The fraction of sp³-hybridized carbons (Fsp3) is 0.250. The first kappa shape index (κ1) is 31.1. The minimum atomic E-state index is -4.58. The summed E-state index contributed by atoms with van der Waals surface area (Å²) in [7, 11) is -3.06. The number of nitrogens with zero attached hydrogens (tertiary/aromatic N) is 3. The number of aromatic nitrogens is 2. The van der Waals surface area contributed by atoms with Crippen LogP contribution in [-0.2, 0) is 16.3 Å². The molecule has 1 heterocycles. The van der Waals surface area contributed by atoms with Gasteiger partial charge in [0.1, 0.15) is 17.7 Å². The van der Waals surface area contributed by atoms with Crippen LogP contribution in [-0.4, -0.2) is 36.0 Å². The third-order valence-electron chi connectivity index (χ3n) is 7.22. The molecule has 1 aromatic heterocycles. The number of halogens is 1. The molecule has 4 rings (SSSR count). The van der Waals surface area contributed by atoms with Gasteiger partial charge in [-0.25, -0.2) is 12.8 Å². The molecule has 0 aliphatic carbocycles. The molecule has 0 saturated carbocycles. The van der Waals surface area contributed by atoms with E-state index in [9.17, 15) is 27.5 Å². The summed E-state index contributed by atoms with van der Waals surface area (Å²) in [6.45, 7) is 3.69. The van der Waals surface area contributed by atoms with E-state index in [-0.39, 0.29) is 35.0 Å². The normalized spacial score (nSPS) is 12.0. The van der Waals surface area contributed by atoms with Crippen LogP contribution in [0.25, 0.3) is 11.1 Å². The van der Waals surface area contributed by atoms with Crippen molar-refractivity contribution in [2.24, 2.45) is 0 Å². The predicted octanol–water partition coefficient (Wildman–Crippen LogP) is 5.16. The van der Waals surface area contributed by atoms with Crippen molar-refractivity contribution in [3.63, 3.8) is 0 Å². The van der Waals surface area contributed by atoms with Crippen molar-refractivity contribution < 1.29 is 22.7 Å². The van der Waals surface area contributed by atoms with E-state index in [0.29, 0.717) is 28.7 Å². The first-order valence-electron chi connectivity index (χ1n) is 13.8. The molecule has 3 aromatic carbocycles. The second-order valence-corrected chi connectivity index (χ2v) is 11.8. The summed E-state index contributed by atoms with van der Waals surface area (Å²) >= 11 is 0. The van der Waals surface area contributed by atoms with Crippen LogP contribution >= 0.6 is 0 Å². The maximum Gasteiger partial charge on any atom is 0.277 e. The number of nitrogens with one attached hydrogen (secondary N) is 1. The Labute approximate surface area is 249 Å². The van der Waals surface area contributed by atoms with Crippen molar-refractivity contribution in [2.45, 2.75) is 55.4 Å². The van der Waals surface area contributed by atoms with Gasteiger partial charge in [-0.2, -0.15) is 10.2 Å². The van der Waals surface area contributed by atoms with Gasteiger partial charge in [-0.1, -0.05) is 56.7 Å². The molecule has 0 spiro atoms. The average molecular weight is 603 g/mol. The van der Waals surface area contributed by atoms with Crippen LogP contribution < -0.4 is 10.9 Å². The highest BCUT2D eigenvalue weighted by Gasteiger charge is 2.32. The molecule has 0 aliphatic heterocycles. The number of hydrogen-bond acceptors (Lipinski definition) is 7. The third-order valence-corrected chi connectivity index (χ3v) is 9.01. The van der Waals surface area contributed by atoms with Crippen molar-refractivity contribution in [3.8, 4) is 23.1 Å².